The minimum Gasteiger partial charge on any atom is -0.437 e. The summed E-state index contributed by atoms with van der Waals surface area (Å²) in [6.45, 7) is 5.29. The van der Waals surface area contributed by atoms with Crippen molar-refractivity contribution in [2.45, 2.75) is 20.3 Å². The van der Waals surface area contributed by atoms with E-state index in [0.29, 0.717) is 23.9 Å². The zero-order valence-corrected chi connectivity index (χ0v) is 13.0. The van der Waals surface area contributed by atoms with Gasteiger partial charge in [-0.1, -0.05) is 19.9 Å². The van der Waals surface area contributed by atoms with Gasteiger partial charge in [0, 0.05) is 23.7 Å². The highest BCUT2D eigenvalue weighted by Crippen LogP contribution is 2.28. The van der Waals surface area contributed by atoms with Crippen LogP contribution in [0, 0.1) is 0 Å². The molecule has 2 heterocycles. The first kappa shape index (κ1) is 16.0. The van der Waals surface area contributed by atoms with Crippen molar-refractivity contribution in [3.63, 3.8) is 0 Å². The number of anilines is 1. The summed E-state index contributed by atoms with van der Waals surface area (Å²) in [7, 11) is 0. The van der Waals surface area contributed by atoms with Crippen LogP contribution in [0.1, 0.15) is 26.0 Å². The molecule has 0 fully saturated rings. The summed E-state index contributed by atoms with van der Waals surface area (Å²) in [6.07, 6.45) is 6.26. The molecule has 0 saturated carbocycles. The van der Waals surface area contributed by atoms with Gasteiger partial charge >= 0.3 is 0 Å². The van der Waals surface area contributed by atoms with E-state index in [1.165, 1.54) is 0 Å². The first-order valence-electron chi connectivity index (χ1n) is 7.44. The van der Waals surface area contributed by atoms with Crippen molar-refractivity contribution in [2.75, 3.05) is 18.9 Å². The molecule has 0 bridgehead atoms. The predicted molar refractivity (Wildman–Crippen MR) is 87.7 cm³/mol. The Morgan fingerprint density at radius 2 is 1.82 bits per heavy atom. The van der Waals surface area contributed by atoms with E-state index in [2.05, 4.69) is 16.0 Å². The fourth-order valence-corrected chi connectivity index (χ4v) is 1.99. The van der Waals surface area contributed by atoms with Gasteiger partial charge in [0.25, 0.3) is 0 Å². The molecule has 0 spiro atoms. The lowest BCUT2D eigenvalue weighted by molar-refractivity contribution is 0.164. The fraction of sp³-hybridized carbons (Fsp3) is 0.294. The Hall–Kier alpha value is -2.40. The lowest BCUT2D eigenvalue weighted by atomic mass is 10.1. The summed E-state index contributed by atoms with van der Waals surface area (Å²) in [5, 5.41) is 0. The SMILES string of the molecule is CC.Nc1ccc(Oc2nccnc2C2=CCCOC2)cc1. The van der Waals surface area contributed by atoms with Crippen LogP contribution >= 0.6 is 0 Å². The Labute approximate surface area is 130 Å². The van der Waals surface area contributed by atoms with Gasteiger partial charge in [-0.3, -0.25) is 0 Å². The average Bonchev–Trinajstić information content (AvgIpc) is 2.60. The first-order chi connectivity index (χ1) is 10.8. The molecule has 1 aliphatic rings. The lowest BCUT2D eigenvalue weighted by Gasteiger charge is -2.15. The molecule has 0 amide bonds. The molecule has 0 radical (unpaired) electrons. The Morgan fingerprint density at radius 1 is 1.09 bits per heavy atom. The van der Waals surface area contributed by atoms with Crippen LogP contribution in [0.5, 0.6) is 11.6 Å². The summed E-state index contributed by atoms with van der Waals surface area (Å²) in [5.41, 5.74) is 8.09. The Kier molecular flexibility index (Phi) is 5.91. The number of hydrogen-bond acceptors (Lipinski definition) is 5. The molecular formula is C17H21N3O2. The van der Waals surface area contributed by atoms with Gasteiger partial charge in [0.1, 0.15) is 11.4 Å². The molecule has 5 nitrogen and oxygen atoms in total. The van der Waals surface area contributed by atoms with Crippen LogP contribution in [-0.2, 0) is 4.74 Å². The quantitative estimate of drug-likeness (QED) is 0.875. The van der Waals surface area contributed by atoms with E-state index in [0.717, 1.165) is 24.3 Å². The minimum atomic E-state index is 0.481. The molecule has 1 aromatic heterocycles. The summed E-state index contributed by atoms with van der Waals surface area (Å²) in [6, 6.07) is 7.18. The van der Waals surface area contributed by atoms with E-state index < -0.39 is 0 Å². The van der Waals surface area contributed by atoms with Crippen LogP contribution < -0.4 is 10.5 Å². The maximum Gasteiger partial charge on any atom is 0.245 e. The standard InChI is InChI=1S/C15H15N3O2.C2H6/c16-12-3-5-13(6-4-12)20-15-14(17-7-8-18-15)11-2-1-9-19-10-11;1-2/h2-8H,1,9-10,16H2;1-2H3. The molecule has 3 rings (SSSR count). The van der Waals surface area contributed by atoms with E-state index in [4.69, 9.17) is 15.2 Å². The van der Waals surface area contributed by atoms with E-state index in [1.807, 2.05) is 13.8 Å². The van der Waals surface area contributed by atoms with Crippen molar-refractivity contribution in [3.8, 4) is 11.6 Å². The van der Waals surface area contributed by atoms with E-state index in [9.17, 15) is 0 Å². The third-order valence-electron chi connectivity index (χ3n) is 2.97. The molecule has 0 aliphatic carbocycles. The van der Waals surface area contributed by atoms with E-state index >= 15 is 0 Å². The van der Waals surface area contributed by atoms with Gasteiger partial charge in [-0.2, -0.15) is 0 Å². The highest BCUT2D eigenvalue weighted by molar-refractivity contribution is 5.67. The average molecular weight is 299 g/mol. The van der Waals surface area contributed by atoms with Gasteiger partial charge in [-0.15, -0.1) is 0 Å². The van der Waals surface area contributed by atoms with Gasteiger partial charge in [0.05, 0.1) is 13.2 Å². The second-order valence-electron chi connectivity index (χ2n) is 4.45. The van der Waals surface area contributed by atoms with Gasteiger partial charge < -0.3 is 15.2 Å². The van der Waals surface area contributed by atoms with Crippen molar-refractivity contribution >= 4 is 11.3 Å². The number of aromatic nitrogens is 2. The third-order valence-corrected chi connectivity index (χ3v) is 2.97. The number of rotatable bonds is 3. The van der Waals surface area contributed by atoms with Crippen LogP contribution in [0.4, 0.5) is 5.69 Å². The number of nitrogen functional groups attached to an aromatic ring is 1. The monoisotopic (exact) mass is 299 g/mol. The van der Waals surface area contributed by atoms with Crippen LogP contribution in [0.2, 0.25) is 0 Å². The summed E-state index contributed by atoms with van der Waals surface area (Å²) < 4.78 is 11.2. The van der Waals surface area contributed by atoms with Gasteiger partial charge in [0.2, 0.25) is 5.88 Å². The number of hydrogen-bond donors (Lipinski definition) is 1. The predicted octanol–water partition coefficient (Wildman–Crippen LogP) is 3.68. The second-order valence-corrected chi connectivity index (χ2v) is 4.45. The molecule has 0 atom stereocenters. The normalized spacial score (nSPS) is 13.6. The number of nitrogens with zero attached hydrogens (tertiary/aromatic N) is 2. The molecular weight excluding hydrogens is 278 g/mol. The number of nitrogens with two attached hydrogens (primary N) is 1. The van der Waals surface area contributed by atoms with Crippen LogP contribution in [-0.4, -0.2) is 23.2 Å². The zero-order valence-electron chi connectivity index (χ0n) is 13.0. The third kappa shape index (κ3) is 4.05. The smallest absolute Gasteiger partial charge is 0.245 e. The number of benzene rings is 1. The van der Waals surface area contributed by atoms with Gasteiger partial charge in [0.15, 0.2) is 0 Å². The minimum absolute atomic E-state index is 0.481. The second kappa shape index (κ2) is 8.14. The molecule has 22 heavy (non-hydrogen) atoms. The topological polar surface area (TPSA) is 70.3 Å². The first-order valence-corrected chi connectivity index (χ1v) is 7.44. The summed E-state index contributed by atoms with van der Waals surface area (Å²) >= 11 is 0. The lowest BCUT2D eigenvalue weighted by Crippen LogP contribution is -2.08. The molecule has 1 aliphatic heterocycles. The number of ether oxygens (including phenoxy) is 2. The van der Waals surface area contributed by atoms with Gasteiger partial charge in [-0.05, 0) is 30.7 Å². The van der Waals surface area contributed by atoms with Crippen molar-refractivity contribution in [3.05, 3.63) is 48.4 Å². The summed E-state index contributed by atoms with van der Waals surface area (Å²) in [5.74, 6) is 1.16. The molecule has 2 aromatic rings. The fourth-order valence-electron chi connectivity index (χ4n) is 1.99. The maximum absolute atomic E-state index is 5.79. The van der Waals surface area contributed by atoms with Crippen LogP contribution in [0.3, 0.4) is 0 Å². The van der Waals surface area contributed by atoms with Crippen molar-refractivity contribution in [1.82, 2.24) is 9.97 Å². The molecule has 1 aromatic carbocycles. The van der Waals surface area contributed by atoms with Crippen molar-refractivity contribution in [2.24, 2.45) is 0 Å². The van der Waals surface area contributed by atoms with Crippen LogP contribution in [0.25, 0.3) is 5.57 Å². The van der Waals surface area contributed by atoms with Crippen LogP contribution in [0.15, 0.2) is 42.7 Å². The molecule has 5 heteroatoms. The van der Waals surface area contributed by atoms with Crippen molar-refractivity contribution < 1.29 is 9.47 Å². The molecule has 0 saturated heterocycles. The molecule has 0 unspecified atom stereocenters. The highest BCUT2D eigenvalue weighted by atomic mass is 16.5. The van der Waals surface area contributed by atoms with Gasteiger partial charge in [-0.25, -0.2) is 9.97 Å². The molecule has 2 N–H and O–H groups in total. The Bertz CT molecular complexity index is 624. The van der Waals surface area contributed by atoms with E-state index in [-0.39, 0.29) is 0 Å². The largest absolute Gasteiger partial charge is 0.437 e. The maximum atomic E-state index is 5.79. The Morgan fingerprint density at radius 3 is 2.50 bits per heavy atom. The Balaban J connectivity index is 0.000000847. The highest BCUT2D eigenvalue weighted by Gasteiger charge is 2.15. The van der Waals surface area contributed by atoms with E-state index in [1.54, 1.807) is 36.7 Å². The summed E-state index contributed by atoms with van der Waals surface area (Å²) in [4.78, 5) is 8.61. The van der Waals surface area contributed by atoms with Crippen molar-refractivity contribution in [1.29, 1.82) is 0 Å². The molecule has 116 valence electrons. The zero-order chi connectivity index (χ0) is 15.8.